The Morgan fingerprint density at radius 3 is 1.60 bits per heavy atom. The SMILES string of the molecule is CONc1ccn(C(c2ccccc2)(c2ccccc2)[C@@]2(CC(O)COC(c3ccccc3)(c3ccccc3)c3ccccc3)C=CC=CC2)c(=O)n1. The molecule has 6 aromatic rings. The highest BCUT2D eigenvalue weighted by molar-refractivity contribution is 5.49. The van der Waals surface area contributed by atoms with Crippen molar-refractivity contribution in [3.63, 3.8) is 0 Å². The molecule has 0 saturated carbocycles. The molecular weight excluding hydrogens is 659 g/mol. The quantitative estimate of drug-likeness (QED) is 0.0879. The molecule has 53 heavy (non-hydrogen) atoms. The first-order chi connectivity index (χ1) is 26.0. The Balaban J connectivity index is 1.39. The molecule has 0 spiro atoms. The summed E-state index contributed by atoms with van der Waals surface area (Å²) in [5, 5.41) is 12.4. The molecule has 2 atom stereocenters. The van der Waals surface area contributed by atoms with Gasteiger partial charge < -0.3 is 9.84 Å². The van der Waals surface area contributed by atoms with E-state index in [0.29, 0.717) is 12.2 Å². The van der Waals surface area contributed by atoms with Crippen LogP contribution in [0, 0.1) is 5.41 Å². The van der Waals surface area contributed by atoms with E-state index < -0.39 is 28.3 Å². The summed E-state index contributed by atoms with van der Waals surface area (Å²) < 4.78 is 8.84. The molecule has 0 fully saturated rings. The van der Waals surface area contributed by atoms with Gasteiger partial charge in [0.15, 0.2) is 5.82 Å². The van der Waals surface area contributed by atoms with E-state index in [0.717, 1.165) is 27.8 Å². The molecule has 0 aliphatic heterocycles. The van der Waals surface area contributed by atoms with Crippen LogP contribution in [0.3, 0.4) is 0 Å². The van der Waals surface area contributed by atoms with Crippen LogP contribution in [0.4, 0.5) is 5.82 Å². The molecule has 0 bridgehead atoms. The minimum Gasteiger partial charge on any atom is -0.391 e. The van der Waals surface area contributed by atoms with Crippen molar-refractivity contribution in [2.75, 3.05) is 19.2 Å². The number of aliphatic hydroxyl groups is 1. The van der Waals surface area contributed by atoms with Crippen LogP contribution in [-0.2, 0) is 20.7 Å². The topological polar surface area (TPSA) is 85.6 Å². The predicted molar refractivity (Wildman–Crippen MR) is 209 cm³/mol. The average Bonchev–Trinajstić information content (AvgIpc) is 3.22. The summed E-state index contributed by atoms with van der Waals surface area (Å²) in [6, 6.07) is 52.2. The summed E-state index contributed by atoms with van der Waals surface area (Å²) >= 11 is 0. The maximum atomic E-state index is 14.3. The lowest BCUT2D eigenvalue weighted by Crippen LogP contribution is -2.56. The number of benzene rings is 5. The monoisotopic (exact) mass is 701 g/mol. The molecule has 7 heteroatoms. The molecule has 7 nitrogen and oxygen atoms in total. The first kappa shape index (κ1) is 35.5. The van der Waals surface area contributed by atoms with E-state index in [4.69, 9.17) is 9.57 Å². The van der Waals surface area contributed by atoms with Crippen molar-refractivity contribution in [2.45, 2.75) is 30.1 Å². The number of hydrogen-bond acceptors (Lipinski definition) is 6. The second kappa shape index (κ2) is 15.8. The second-order valence-electron chi connectivity index (χ2n) is 13.3. The van der Waals surface area contributed by atoms with E-state index >= 15 is 0 Å². The molecule has 2 N–H and O–H groups in total. The van der Waals surface area contributed by atoms with Gasteiger partial charge in [0.25, 0.3) is 0 Å². The first-order valence-electron chi connectivity index (χ1n) is 17.9. The molecular formula is C46H43N3O4. The average molecular weight is 702 g/mol. The Morgan fingerprint density at radius 1 is 0.717 bits per heavy atom. The molecule has 1 aromatic heterocycles. The Labute approximate surface area is 310 Å². The van der Waals surface area contributed by atoms with Gasteiger partial charge in [-0.2, -0.15) is 4.98 Å². The Hall–Kier alpha value is -5.86. The van der Waals surface area contributed by atoms with Gasteiger partial charge in [0.2, 0.25) is 0 Å². The van der Waals surface area contributed by atoms with E-state index in [1.165, 1.54) is 7.11 Å². The minimum absolute atomic E-state index is 0.00148. The maximum absolute atomic E-state index is 14.3. The zero-order chi connectivity index (χ0) is 36.6. The number of anilines is 1. The third-order valence-electron chi connectivity index (χ3n) is 10.3. The van der Waals surface area contributed by atoms with Gasteiger partial charge in [0, 0.05) is 11.6 Å². The lowest BCUT2D eigenvalue weighted by atomic mass is 9.57. The fraction of sp³-hybridized carbons (Fsp3) is 0.174. The number of aliphatic hydroxyl groups excluding tert-OH is 1. The summed E-state index contributed by atoms with van der Waals surface area (Å²) in [5.41, 5.74) is 3.79. The molecule has 7 rings (SSSR count). The van der Waals surface area contributed by atoms with Crippen molar-refractivity contribution in [1.29, 1.82) is 0 Å². The number of aromatic nitrogens is 2. The number of rotatable bonds is 14. The maximum Gasteiger partial charge on any atom is 0.350 e. The fourth-order valence-electron chi connectivity index (χ4n) is 8.14. The highest BCUT2D eigenvalue weighted by atomic mass is 16.6. The van der Waals surface area contributed by atoms with E-state index in [1.54, 1.807) is 16.8 Å². The molecule has 0 radical (unpaired) electrons. The van der Waals surface area contributed by atoms with E-state index in [9.17, 15) is 9.90 Å². The minimum atomic E-state index is -1.15. The standard InChI is InChI=1S/C46H43N3O4/c1-52-48-42-30-33-49(43(51)47-42)46(39-26-14-5-15-27-39,40-28-16-6-17-29-40)44(31-18-7-19-32-44)34-41(50)35-53-45(36-20-8-2-9-21-36,37-22-10-3-11-23-37)38-24-12-4-13-25-38/h2-31,33,41,50H,32,34-35H2,1H3,(H,47,48,51)/t41?,44-/m0/s1. The van der Waals surface area contributed by atoms with Crippen LogP contribution >= 0.6 is 0 Å². The van der Waals surface area contributed by atoms with Crippen LogP contribution < -0.4 is 11.2 Å². The fourth-order valence-corrected chi connectivity index (χ4v) is 8.14. The smallest absolute Gasteiger partial charge is 0.350 e. The van der Waals surface area contributed by atoms with Gasteiger partial charge in [-0.3, -0.25) is 9.40 Å². The van der Waals surface area contributed by atoms with Crippen LogP contribution in [0.2, 0.25) is 0 Å². The molecule has 1 heterocycles. The van der Waals surface area contributed by atoms with Gasteiger partial charge in [-0.05, 0) is 46.7 Å². The molecule has 0 saturated heterocycles. The van der Waals surface area contributed by atoms with Gasteiger partial charge in [-0.25, -0.2) is 10.3 Å². The largest absolute Gasteiger partial charge is 0.391 e. The van der Waals surface area contributed by atoms with Gasteiger partial charge in [0.05, 0.1) is 19.8 Å². The number of nitrogens with zero attached hydrogens (tertiary/aromatic N) is 2. The van der Waals surface area contributed by atoms with Gasteiger partial charge in [-0.1, -0.05) is 176 Å². The third-order valence-corrected chi connectivity index (χ3v) is 10.3. The molecule has 266 valence electrons. The van der Waals surface area contributed by atoms with E-state index in [1.807, 2.05) is 127 Å². The summed E-state index contributed by atoms with van der Waals surface area (Å²) in [4.78, 5) is 23.8. The van der Waals surface area contributed by atoms with Crippen molar-refractivity contribution in [2.24, 2.45) is 5.41 Å². The molecule has 1 aliphatic rings. The van der Waals surface area contributed by atoms with Crippen LogP contribution in [0.25, 0.3) is 0 Å². The summed E-state index contributed by atoms with van der Waals surface area (Å²) in [5.74, 6) is 0.296. The molecule has 0 amide bonds. The van der Waals surface area contributed by atoms with Crippen molar-refractivity contribution in [1.82, 2.24) is 9.55 Å². The number of allylic oxidation sites excluding steroid dienone is 4. The Bertz CT molecular complexity index is 2050. The number of ether oxygens (including phenoxy) is 1. The number of nitrogens with one attached hydrogen (secondary N) is 1. The number of hydrogen-bond donors (Lipinski definition) is 2. The van der Waals surface area contributed by atoms with Crippen LogP contribution in [0.5, 0.6) is 0 Å². The second-order valence-corrected chi connectivity index (χ2v) is 13.3. The highest BCUT2D eigenvalue weighted by Gasteiger charge is 2.55. The highest BCUT2D eigenvalue weighted by Crippen LogP contribution is 2.55. The lowest BCUT2D eigenvalue weighted by molar-refractivity contribution is -0.0545. The molecule has 1 aliphatic carbocycles. The van der Waals surface area contributed by atoms with Gasteiger partial charge >= 0.3 is 5.69 Å². The normalized spacial score (nSPS) is 16.3. The van der Waals surface area contributed by atoms with Gasteiger partial charge in [0.1, 0.15) is 11.1 Å². The van der Waals surface area contributed by atoms with Crippen LogP contribution in [0.15, 0.2) is 193 Å². The predicted octanol–water partition coefficient (Wildman–Crippen LogP) is 8.27. The zero-order valence-corrected chi connectivity index (χ0v) is 29.7. The van der Waals surface area contributed by atoms with Crippen molar-refractivity contribution in [3.05, 3.63) is 227 Å². The first-order valence-corrected chi connectivity index (χ1v) is 17.9. The Morgan fingerprint density at radius 2 is 1.19 bits per heavy atom. The van der Waals surface area contributed by atoms with Crippen LogP contribution in [-0.4, -0.2) is 34.5 Å². The zero-order valence-electron chi connectivity index (χ0n) is 29.7. The van der Waals surface area contributed by atoms with E-state index in [-0.39, 0.29) is 13.0 Å². The van der Waals surface area contributed by atoms with E-state index in [2.05, 4.69) is 59.0 Å². The Kier molecular flexibility index (Phi) is 10.6. The summed E-state index contributed by atoms with van der Waals surface area (Å²) in [7, 11) is 1.48. The van der Waals surface area contributed by atoms with Crippen molar-refractivity contribution >= 4 is 5.82 Å². The summed E-state index contributed by atoms with van der Waals surface area (Å²) in [6.07, 6.45) is 9.84. The molecule has 5 aromatic carbocycles. The lowest BCUT2D eigenvalue weighted by Gasteiger charge is -2.52. The third kappa shape index (κ3) is 6.66. The summed E-state index contributed by atoms with van der Waals surface area (Å²) in [6.45, 7) is 0.00148. The van der Waals surface area contributed by atoms with Crippen LogP contribution in [0.1, 0.15) is 40.7 Å². The molecule has 1 unspecified atom stereocenters. The van der Waals surface area contributed by atoms with Crippen molar-refractivity contribution < 1.29 is 14.7 Å². The van der Waals surface area contributed by atoms with Gasteiger partial charge in [-0.15, -0.1) is 0 Å². The van der Waals surface area contributed by atoms with Crippen molar-refractivity contribution in [3.8, 4) is 0 Å².